The van der Waals surface area contributed by atoms with Gasteiger partial charge < -0.3 is 15.3 Å². The van der Waals surface area contributed by atoms with E-state index in [-0.39, 0.29) is 36.8 Å². The summed E-state index contributed by atoms with van der Waals surface area (Å²) in [5.74, 6) is 0.644. The number of nitrogens with one attached hydrogen (secondary N) is 1. The summed E-state index contributed by atoms with van der Waals surface area (Å²) in [5, 5.41) is 12.6. The van der Waals surface area contributed by atoms with Crippen LogP contribution in [0.3, 0.4) is 0 Å². The first-order valence-corrected chi connectivity index (χ1v) is 9.89. The second kappa shape index (κ2) is 9.17. The van der Waals surface area contributed by atoms with E-state index in [0.717, 1.165) is 25.7 Å². The van der Waals surface area contributed by atoms with Gasteiger partial charge in [0.25, 0.3) is 0 Å². The van der Waals surface area contributed by atoms with Gasteiger partial charge >= 0.3 is 0 Å². The molecule has 1 aliphatic heterocycles. The van der Waals surface area contributed by atoms with Crippen LogP contribution in [0, 0.1) is 5.92 Å². The summed E-state index contributed by atoms with van der Waals surface area (Å²) < 4.78 is 0. The number of nitrogens with zero attached hydrogens (tertiary/aromatic N) is 1. The number of carbonyl (C=O) groups excluding carboxylic acids is 2. The number of likely N-dealkylation sites (tertiary alicyclic amines) is 1. The van der Waals surface area contributed by atoms with Crippen LogP contribution in [-0.4, -0.2) is 47.1 Å². The zero-order valence-electron chi connectivity index (χ0n) is 15.4. The lowest BCUT2D eigenvalue weighted by molar-refractivity contribution is -0.135. The van der Waals surface area contributed by atoms with E-state index in [0.29, 0.717) is 31.8 Å². The number of aliphatic hydroxyl groups is 1. The Balaban J connectivity index is 1.34. The smallest absolute Gasteiger partial charge is 0.223 e. The van der Waals surface area contributed by atoms with Crippen LogP contribution in [0.1, 0.15) is 50.5 Å². The van der Waals surface area contributed by atoms with Crippen LogP contribution in [0.15, 0.2) is 30.3 Å². The summed E-state index contributed by atoms with van der Waals surface area (Å²) >= 11 is 0. The number of benzene rings is 1. The van der Waals surface area contributed by atoms with Gasteiger partial charge in [0, 0.05) is 32.0 Å². The van der Waals surface area contributed by atoms with Crippen LogP contribution in [-0.2, 0) is 16.0 Å². The number of piperidine rings is 1. The molecule has 2 aliphatic rings. The molecule has 5 nitrogen and oxygen atoms in total. The van der Waals surface area contributed by atoms with Crippen molar-refractivity contribution in [1.82, 2.24) is 10.2 Å². The van der Waals surface area contributed by atoms with Gasteiger partial charge in [0.2, 0.25) is 11.8 Å². The molecular weight excluding hydrogens is 328 g/mol. The molecule has 1 saturated carbocycles. The number of aliphatic hydroxyl groups excluding tert-OH is 1. The Morgan fingerprint density at radius 2 is 1.77 bits per heavy atom. The van der Waals surface area contributed by atoms with Gasteiger partial charge in [-0.25, -0.2) is 0 Å². The lowest BCUT2D eigenvalue weighted by atomic mass is 9.98. The van der Waals surface area contributed by atoms with Gasteiger partial charge in [0.05, 0.1) is 6.10 Å². The fourth-order valence-electron chi connectivity index (χ4n) is 4.13. The van der Waals surface area contributed by atoms with E-state index in [1.54, 1.807) is 4.90 Å². The lowest BCUT2D eigenvalue weighted by Crippen LogP contribution is -2.40. The molecule has 1 aromatic rings. The zero-order chi connectivity index (χ0) is 18.4. The van der Waals surface area contributed by atoms with Gasteiger partial charge in [0.1, 0.15) is 0 Å². The molecule has 26 heavy (non-hydrogen) atoms. The van der Waals surface area contributed by atoms with Gasteiger partial charge in [-0.05, 0) is 50.0 Å². The number of hydrogen-bond acceptors (Lipinski definition) is 3. The Morgan fingerprint density at radius 3 is 2.50 bits per heavy atom. The highest BCUT2D eigenvalue weighted by atomic mass is 16.3. The van der Waals surface area contributed by atoms with E-state index < -0.39 is 0 Å². The average Bonchev–Trinajstić information content (AvgIpc) is 3.08. The third-order valence-corrected chi connectivity index (χ3v) is 5.66. The van der Waals surface area contributed by atoms with Gasteiger partial charge in [-0.3, -0.25) is 9.59 Å². The minimum atomic E-state index is -0.284. The summed E-state index contributed by atoms with van der Waals surface area (Å²) in [7, 11) is 0. The van der Waals surface area contributed by atoms with Crippen LogP contribution < -0.4 is 5.32 Å². The summed E-state index contributed by atoms with van der Waals surface area (Å²) in [6.07, 6.45) is 5.81. The third kappa shape index (κ3) is 5.56. The number of hydrogen-bond donors (Lipinski definition) is 2. The second-order valence-corrected chi connectivity index (χ2v) is 7.75. The molecule has 2 fully saturated rings. The van der Waals surface area contributed by atoms with Crippen molar-refractivity contribution in [1.29, 1.82) is 0 Å². The van der Waals surface area contributed by atoms with Crippen LogP contribution in [0.2, 0.25) is 0 Å². The maximum Gasteiger partial charge on any atom is 0.223 e. The van der Waals surface area contributed by atoms with Crippen molar-refractivity contribution in [3.63, 3.8) is 0 Å². The molecule has 0 spiro atoms. The number of amides is 2. The zero-order valence-corrected chi connectivity index (χ0v) is 15.4. The molecule has 2 atom stereocenters. The second-order valence-electron chi connectivity index (χ2n) is 7.75. The van der Waals surface area contributed by atoms with Gasteiger partial charge in [-0.2, -0.15) is 0 Å². The maximum absolute atomic E-state index is 12.2. The molecule has 0 radical (unpaired) electrons. The molecule has 1 aliphatic carbocycles. The van der Waals surface area contributed by atoms with Crippen molar-refractivity contribution >= 4 is 11.8 Å². The fraction of sp³-hybridized carbons (Fsp3) is 0.619. The SMILES string of the molecule is O=C(CCC(=O)N1CCC(O)CC1)NC1CCC(Cc2ccccc2)C1. The van der Waals surface area contributed by atoms with E-state index in [1.165, 1.54) is 5.56 Å². The van der Waals surface area contributed by atoms with Crippen LogP contribution >= 0.6 is 0 Å². The van der Waals surface area contributed by atoms with E-state index in [9.17, 15) is 14.7 Å². The Labute approximate surface area is 155 Å². The van der Waals surface area contributed by atoms with E-state index in [4.69, 9.17) is 0 Å². The van der Waals surface area contributed by atoms with E-state index in [2.05, 4.69) is 29.6 Å². The van der Waals surface area contributed by atoms with Crippen molar-refractivity contribution in [3.05, 3.63) is 35.9 Å². The minimum Gasteiger partial charge on any atom is -0.393 e. The topological polar surface area (TPSA) is 69.6 Å². The largest absolute Gasteiger partial charge is 0.393 e. The molecule has 2 amide bonds. The fourth-order valence-corrected chi connectivity index (χ4v) is 4.13. The Hall–Kier alpha value is -1.88. The third-order valence-electron chi connectivity index (χ3n) is 5.66. The predicted octanol–water partition coefficient (Wildman–Crippen LogP) is 2.28. The molecule has 142 valence electrons. The average molecular weight is 358 g/mol. The molecular formula is C21H30N2O3. The Morgan fingerprint density at radius 1 is 1.04 bits per heavy atom. The van der Waals surface area contributed by atoms with Crippen molar-refractivity contribution < 1.29 is 14.7 Å². The molecule has 2 unspecified atom stereocenters. The standard InChI is InChI=1S/C21H30N2O3/c24-19-10-12-23(13-11-19)21(26)9-8-20(25)22-18-7-6-17(15-18)14-16-4-2-1-3-5-16/h1-5,17-19,24H,6-15H2,(H,22,25). The highest BCUT2D eigenvalue weighted by Gasteiger charge is 2.26. The molecule has 0 aromatic heterocycles. The summed E-state index contributed by atoms with van der Waals surface area (Å²) in [4.78, 5) is 26.1. The molecule has 2 N–H and O–H groups in total. The molecule has 0 bridgehead atoms. The van der Waals surface area contributed by atoms with E-state index >= 15 is 0 Å². The number of carbonyl (C=O) groups is 2. The lowest BCUT2D eigenvalue weighted by Gasteiger charge is -2.29. The molecule has 1 aromatic carbocycles. The normalized spacial score (nSPS) is 23.8. The quantitative estimate of drug-likeness (QED) is 0.820. The Bertz CT molecular complexity index is 597. The van der Waals surface area contributed by atoms with Crippen LogP contribution in [0.5, 0.6) is 0 Å². The highest BCUT2D eigenvalue weighted by molar-refractivity contribution is 5.84. The molecule has 3 rings (SSSR count). The van der Waals surface area contributed by atoms with Crippen LogP contribution in [0.4, 0.5) is 0 Å². The van der Waals surface area contributed by atoms with E-state index in [1.807, 2.05) is 6.07 Å². The Kier molecular flexibility index (Phi) is 6.67. The van der Waals surface area contributed by atoms with Crippen molar-refractivity contribution in [2.24, 2.45) is 5.92 Å². The highest BCUT2D eigenvalue weighted by Crippen LogP contribution is 2.28. The minimum absolute atomic E-state index is 0.0132. The molecule has 1 heterocycles. The first-order valence-electron chi connectivity index (χ1n) is 9.89. The number of rotatable bonds is 6. The summed E-state index contributed by atoms with van der Waals surface area (Å²) in [6, 6.07) is 10.8. The monoisotopic (exact) mass is 358 g/mol. The van der Waals surface area contributed by atoms with Gasteiger partial charge in [-0.15, -0.1) is 0 Å². The summed E-state index contributed by atoms with van der Waals surface area (Å²) in [6.45, 7) is 1.21. The maximum atomic E-state index is 12.2. The van der Waals surface area contributed by atoms with Gasteiger partial charge in [0.15, 0.2) is 0 Å². The first-order chi connectivity index (χ1) is 12.6. The molecule has 1 saturated heterocycles. The van der Waals surface area contributed by atoms with Crippen molar-refractivity contribution in [2.45, 2.75) is 63.5 Å². The van der Waals surface area contributed by atoms with Crippen LogP contribution in [0.25, 0.3) is 0 Å². The summed E-state index contributed by atoms with van der Waals surface area (Å²) in [5.41, 5.74) is 1.36. The first kappa shape index (κ1) is 18.9. The van der Waals surface area contributed by atoms with Crippen molar-refractivity contribution in [2.75, 3.05) is 13.1 Å². The predicted molar refractivity (Wildman–Crippen MR) is 100 cm³/mol. The molecule has 5 heteroatoms. The van der Waals surface area contributed by atoms with Gasteiger partial charge in [-0.1, -0.05) is 30.3 Å². The van der Waals surface area contributed by atoms with Crippen molar-refractivity contribution in [3.8, 4) is 0 Å².